The average Bonchev–Trinajstić information content (AvgIpc) is 2.16. The predicted octanol–water partition coefficient (Wildman–Crippen LogP) is -0.313. The summed E-state index contributed by atoms with van der Waals surface area (Å²) in [6.07, 6.45) is 4.68. The molecule has 0 amide bonds. The molecule has 0 aromatic rings. The molecule has 1 aliphatic carbocycles. The van der Waals surface area contributed by atoms with Crippen LogP contribution >= 0.6 is 0 Å². The third-order valence-electron chi connectivity index (χ3n) is 1.82. The summed E-state index contributed by atoms with van der Waals surface area (Å²) >= 11 is 0. The van der Waals surface area contributed by atoms with Gasteiger partial charge in [-0.1, -0.05) is 12.2 Å². The van der Waals surface area contributed by atoms with Crippen LogP contribution in [0.15, 0.2) is 29.6 Å². The molecule has 0 aromatic carbocycles. The molecule has 4 nitrogen and oxygen atoms in total. The second kappa shape index (κ2) is 4.09. The van der Waals surface area contributed by atoms with E-state index in [0.29, 0.717) is 5.76 Å². The van der Waals surface area contributed by atoms with E-state index in [2.05, 4.69) is 0 Å². The van der Waals surface area contributed by atoms with Crippen LogP contribution in [0.3, 0.4) is 0 Å². The lowest BCUT2D eigenvalue weighted by atomic mass is 9.67. The highest BCUT2D eigenvalue weighted by atomic mass is 16.5. The lowest BCUT2D eigenvalue weighted by Gasteiger charge is -2.17. The fraction of sp³-hybridized carbons (Fsp3) is 0.250. The summed E-state index contributed by atoms with van der Waals surface area (Å²) in [4.78, 5) is 10.5. The maximum Gasteiger partial charge on any atom is 0.464 e. The van der Waals surface area contributed by atoms with Crippen LogP contribution in [0, 0.1) is 0 Å². The van der Waals surface area contributed by atoms with Gasteiger partial charge in [-0.15, -0.1) is 0 Å². The monoisotopic (exact) mass is 180 g/mol. The fourth-order valence-corrected chi connectivity index (χ4v) is 1.16. The number of hydrogen-bond donors (Lipinski definition) is 2. The van der Waals surface area contributed by atoms with E-state index in [9.17, 15) is 4.79 Å². The Labute approximate surface area is 76.0 Å². The molecule has 0 fully saturated rings. The topological polar surface area (TPSA) is 66.8 Å². The van der Waals surface area contributed by atoms with Gasteiger partial charge in [0.15, 0.2) is 0 Å². The van der Waals surface area contributed by atoms with E-state index in [1.54, 1.807) is 18.1 Å². The number of ether oxygens (including phenoxy) is 1. The molecule has 1 rings (SSSR count). The van der Waals surface area contributed by atoms with E-state index in [0.717, 1.165) is 0 Å². The van der Waals surface area contributed by atoms with Crippen molar-refractivity contribution in [1.82, 2.24) is 0 Å². The van der Waals surface area contributed by atoms with Gasteiger partial charge in [0.25, 0.3) is 0 Å². The van der Waals surface area contributed by atoms with Gasteiger partial charge in [0.05, 0.1) is 18.5 Å². The molecule has 13 heavy (non-hydrogen) atoms. The predicted molar refractivity (Wildman–Crippen MR) is 47.4 cm³/mol. The van der Waals surface area contributed by atoms with Crippen LogP contribution in [-0.4, -0.2) is 30.2 Å². The van der Waals surface area contributed by atoms with Crippen molar-refractivity contribution >= 4 is 13.1 Å². The SMILES string of the molecule is COC1=CC=CC(B(O)O)C1=C=O. The Balaban J connectivity index is 3.01. The van der Waals surface area contributed by atoms with E-state index in [1.165, 1.54) is 13.2 Å². The zero-order valence-electron chi connectivity index (χ0n) is 7.10. The molecule has 0 radical (unpaired) electrons. The number of carbonyl (C=O) groups excluding carboxylic acids is 1. The molecular weight excluding hydrogens is 171 g/mol. The molecule has 1 unspecified atom stereocenters. The first-order chi connectivity index (χ1) is 6.20. The van der Waals surface area contributed by atoms with Gasteiger partial charge >= 0.3 is 7.12 Å². The first-order valence-electron chi connectivity index (χ1n) is 3.74. The highest BCUT2D eigenvalue weighted by Crippen LogP contribution is 2.29. The van der Waals surface area contributed by atoms with Gasteiger partial charge in [-0.2, -0.15) is 0 Å². The molecule has 0 saturated carbocycles. The number of methoxy groups -OCH3 is 1. The minimum atomic E-state index is -1.61. The minimum absolute atomic E-state index is 0.125. The maximum atomic E-state index is 10.5. The summed E-state index contributed by atoms with van der Waals surface area (Å²) in [5, 5.41) is 17.8. The van der Waals surface area contributed by atoms with Crippen molar-refractivity contribution < 1.29 is 19.6 Å². The zero-order chi connectivity index (χ0) is 9.84. The molecule has 0 heterocycles. The van der Waals surface area contributed by atoms with Crippen LogP contribution in [0.4, 0.5) is 0 Å². The summed E-state index contributed by atoms with van der Waals surface area (Å²) in [7, 11) is -0.199. The third kappa shape index (κ3) is 1.90. The summed E-state index contributed by atoms with van der Waals surface area (Å²) in [6, 6.07) is 0. The summed E-state index contributed by atoms with van der Waals surface area (Å²) in [6.45, 7) is 0. The van der Waals surface area contributed by atoms with Crippen molar-refractivity contribution in [2.45, 2.75) is 5.82 Å². The van der Waals surface area contributed by atoms with Crippen molar-refractivity contribution in [3.63, 3.8) is 0 Å². The molecule has 2 N–H and O–H groups in total. The van der Waals surface area contributed by atoms with Gasteiger partial charge in [0.2, 0.25) is 0 Å². The zero-order valence-corrected chi connectivity index (χ0v) is 7.10. The van der Waals surface area contributed by atoms with Crippen molar-refractivity contribution in [3.05, 3.63) is 29.6 Å². The molecule has 0 saturated heterocycles. The first-order valence-corrected chi connectivity index (χ1v) is 3.74. The van der Waals surface area contributed by atoms with Gasteiger partial charge < -0.3 is 14.8 Å². The van der Waals surface area contributed by atoms with Crippen molar-refractivity contribution in [3.8, 4) is 0 Å². The van der Waals surface area contributed by atoms with Crippen LogP contribution in [0.25, 0.3) is 0 Å². The number of allylic oxidation sites excluding steroid dienone is 4. The minimum Gasteiger partial charge on any atom is -0.496 e. The quantitative estimate of drug-likeness (QED) is 0.451. The van der Waals surface area contributed by atoms with Gasteiger partial charge in [-0.3, -0.25) is 0 Å². The molecule has 0 spiro atoms. The molecule has 1 atom stereocenters. The van der Waals surface area contributed by atoms with E-state index in [1.807, 2.05) is 0 Å². The van der Waals surface area contributed by atoms with E-state index in [4.69, 9.17) is 14.8 Å². The lowest BCUT2D eigenvalue weighted by Crippen LogP contribution is -2.23. The van der Waals surface area contributed by atoms with Crippen LogP contribution in [0.2, 0.25) is 5.82 Å². The molecule has 0 aliphatic heterocycles. The standard InChI is InChI=1S/C8H9BO4/c1-13-8-4-2-3-7(9(11)12)6(8)5-10/h2-4,7,11-12H,1H3. The maximum absolute atomic E-state index is 10.5. The second-order valence-corrected chi connectivity index (χ2v) is 2.58. The van der Waals surface area contributed by atoms with E-state index in [-0.39, 0.29) is 5.57 Å². The van der Waals surface area contributed by atoms with Crippen molar-refractivity contribution in [1.29, 1.82) is 0 Å². The molecule has 0 bridgehead atoms. The Morgan fingerprint density at radius 2 is 2.31 bits per heavy atom. The smallest absolute Gasteiger partial charge is 0.464 e. The molecule has 0 aromatic heterocycles. The average molecular weight is 180 g/mol. The molecule has 68 valence electrons. The van der Waals surface area contributed by atoms with E-state index >= 15 is 0 Å². The summed E-state index contributed by atoms with van der Waals surface area (Å²) < 4.78 is 4.86. The van der Waals surface area contributed by atoms with Crippen LogP contribution in [0.5, 0.6) is 0 Å². The Kier molecular flexibility index (Phi) is 3.09. The Morgan fingerprint density at radius 3 is 2.77 bits per heavy atom. The summed E-state index contributed by atoms with van der Waals surface area (Å²) in [5.41, 5.74) is 0.125. The molecule has 1 aliphatic rings. The second-order valence-electron chi connectivity index (χ2n) is 2.58. The molecule has 5 heteroatoms. The normalized spacial score (nSPS) is 20.7. The lowest BCUT2D eigenvalue weighted by molar-refractivity contribution is 0.296. The van der Waals surface area contributed by atoms with Crippen molar-refractivity contribution in [2.24, 2.45) is 0 Å². The first kappa shape index (κ1) is 9.80. The van der Waals surface area contributed by atoms with Gasteiger partial charge in [0, 0.05) is 0 Å². The summed E-state index contributed by atoms with van der Waals surface area (Å²) in [5.74, 6) is 1.20. The van der Waals surface area contributed by atoms with Gasteiger partial charge in [0.1, 0.15) is 11.7 Å². The Bertz CT molecular complexity index is 299. The van der Waals surface area contributed by atoms with Crippen LogP contribution in [0.1, 0.15) is 0 Å². The van der Waals surface area contributed by atoms with Crippen LogP contribution < -0.4 is 0 Å². The number of rotatable bonds is 2. The highest BCUT2D eigenvalue weighted by molar-refractivity contribution is 6.45. The largest absolute Gasteiger partial charge is 0.496 e. The fourth-order valence-electron chi connectivity index (χ4n) is 1.16. The Morgan fingerprint density at radius 1 is 1.62 bits per heavy atom. The van der Waals surface area contributed by atoms with Gasteiger partial charge in [-0.05, 0) is 6.08 Å². The highest BCUT2D eigenvalue weighted by Gasteiger charge is 2.30. The van der Waals surface area contributed by atoms with Crippen molar-refractivity contribution in [2.75, 3.05) is 7.11 Å². The van der Waals surface area contributed by atoms with Crippen LogP contribution in [-0.2, 0) is 9.53 Å². The Hall–Kier alpha value is -1.29. The number of hydrogen-bond acceptors (Lipinski definition) is 4. The van der Waals surface area contributed by atoms with Gasteiger partial charge in [-0.25, -0.2) is 4.79 Å². The third-order valence-corrected chi connectivity index (χ3v) is 1.82. The molecular formula is C8H9BO4. The van der Waals surface area contributed by atoms with E-state index < -0.39 is 12.9 Å².